The highest BCUT2D eigenvalue weighted by Crippen LogP contribution is 2.38. The number of rotatable bonds is 10. The van der Waals surface area contributed by atoms with E-state index in [4.69, 9.17) is 37.4 Å². The fraction of sp³-hybridized carbons (Fsp3) is 0.219. The van der Waals surface area contributed by atoms with E-state index in [2.05, 4.69) is 20.9 Å². The van der Waals surface area contributed by atoms with Crippen molar-refractivity contribution in [1.82, 2.24) is 4.57 Å². The van der Waals surface area contributed by atoms with Gasteiger partial charge in [0, 0.05) is 21.7 Å². The first kappa shape index (κ1) is 33.4. The Kier molecular flexibility index (Phi) is 10.3. The molecule has 0 bridgehead atoms. The number of halogens is 3. The summed E-state index contributed by atoms with van der Waals surface area (Å²) in [6.45, 7) is 5.87. The molecule has 14 heteroatoms. The number of aromatic nitrogens is 1. The zero-order valence-electron chi connectivity index (χ0n) is 24.7. The molecule has 1 atom stereocenters. The maximum absolute atomic E-state index is 14.0. The zero-order valence-corrected chi connectivity index (χ0v) is 28.6. The van der Waals surface area contributed by atoms with Gasteiger partial charge >= 0.3 is 11.7 Å². The molecule has 0 spiro atoms. The molecule has 0 aliphatic carbocycles. The molecular weight excluding hydrogens is 721 g/mol. The molecule has 0 radical (unpaired) electrons. The van der Waals surface area contributed by atoms with Gasteiger partial charge in [-0.3, -0.25) is 19.5 Å². The standard InChI is InChI=1S/C32H26BrCl2N3O7S/c1-4-43-22-10-7-19(8-11-22)28-27(31(40)44-5-2)17(3)36-32-37(28)30(39)26(46-32)14-18-12-23(33)29(25(13-18)38(41)42)45-16-20-6-9-21(34)15-24(20)35/h6-15,28H,4-5,16H2,1-3H3/b26-14-/t28-/m1/s1. The Morgan fingerprint density at radius 1 is 1.11 bits per heavy atom. The highest BCUT2D eigenvalue weighted by atomic mass is 79.9. The van der Waals surface area contributed by atoms with Crippen LogP contribution < -0.4 is 24.4 Å². The fourth-order valence-corrected chi connectivity index (χ4v) is 7.01. The first-order valence-electron chi connectivity index (χ1n) is 14.0. The average molecular weight is 747 g/mol. The van der Waals surface area contributed by atoms with Crippen LogP contribution in [0.4, 0.5) is 5.69 Å². The van der Waals surface area contributed by atoms with Gasteiger partial charge in [0.05, 0.1) is 44.5 Å². The second kappa shape index (κ2) is 14.2. The van der Waals surface area contributed by atoms with E-state index in [1.54, 1.807) is 68.5 Å². The van der Waals surface area contributed by atoms with Gasteiger partial charge in [-0.05, 0) is 84.2 Å². The molecule has 0 N–H and O–H groups in total. The van der Waals surface area contributed by atoms with E-state index in [1.165, 1.54) is 10.6 Å². The fourth-order valence-electron chi connectivity index (χ4n) is 4.92. The summed E-state index contributed by atoms with van der Waals surface area (Å²) >= 11 is 16.7. The molecule has 4 aromatic rings. The number of carbonyl (C=O) groups excluding carboxylic acids is 1. The predicted octanol–water partition coefficient (Wildman–Crippen LogP) is 6.75. The third kappa shape index (κ3) is 6.90. The number of esters is 1. The van der Waals surface area contributed by atoms with Crippen molar-refractivity contribution in [2.75, 3.05) is 13.2 Å². The van der Waals surface area contributed by atoms with E-state index in [-0.39, 0.29) is 34.8 Å². The lowest BCUT2D eigenvalue weighted by atomic mass is 9.96. The van der Waals surface area contributed by atoms with Gasteiger partial charge in [-0.1, -0.05) is 52.7 Å². The molecule has 0 unspecified atom stereocenters. The molecule has 3 aromatic carbocycles. The van der Waals surface area contributed by atoms with E-state index in [0.29, 0.717) is 54.1 Å². The summed E-state index contributed by atoms with van der Waals surface area (Å²) in [7, 11) is 0. The Labute approximate surface area is 285 Å². The van der Waals surface area contributed by atoms with E-state index in [9.17, 15) is 19.7 Å². The van der Waals surface area contributed by atoms with Gasteiger partial charge in [-0.25, -0.2) is 9.79 Å². The van der Waals surface area contributed by atoms with Gasteiger partial charge in [-0.2, -0.15) is 0 Å². The largest absolute Gasteiger partial charge is 0.494 e. The Bertz CT molecular complexity index is 2060. The van der Waals surface area contributed by atoms with E-state index in [1.807, 2.05) is 6.92 Å². The minimum Gasteiger partial charge on any atom is -0.494 e. The summed E-state index contributed by atoms with van der Waals surface area (Å²) in [5, 5.41) is 12.9. The summed E-state index contributed by atoms with van der Waals surface area (Å²) in [6.07, 6.45) is 1.54. The summed E-state index contributed by atoms with van der Waals surface area (Å²) in [5.74, 6) is 0.0691. The van der Waals surface area contributed by atoms with Crippen LogP contribution in [0.1, 0.15) is 43.5 Å². The third-order valence-electron chi connectivity index (χ3n) is 6.95. The SMILES string of the molecule is CCOC(=O)C1=C(C)N=c2s/c(=C\c3cc(Br)c(OCc4ccc(Cl)cc4Cl)c([N+](=O)[O-])c3)c(=O)n2[C@@H]1c1ccc(OCC)cc1. The third-order valence-corrected chi connectivity index (χ3v) is 9.11. The van der Waals surface area contributed by atoms with Crippen LogP contribution in [0.5, 0.6) is 11.5 Å². The lowest BCUT2D eigenvalue weighted by molar-refractivity contribution is -0.386. The Hall–Kier alpha value is -3.97. The van der Waals surface area contributed by atoms with Crippen molar-refractivity contribution < 1.29 is 23.9 Å². The van der Waals surface area contributed by atoms with Crippen LogP contribution in [0.3, 0.4) is 0 Å². The minimum atomic E-state index is -0.815. The quantitative estimate of drug-likeness (QED) is 0.1000. The van der Waals surface area contributed by atoms with Gasteiger partial charge in [0.25, 0.3) is 5.56 Å². The van der Waals surface area contributed by atoms with Crippen LogP contribution in [-0.4, -0.2) is 28.7 Å². The topological polar surface area (TPSA) is 122 Å². The number of hydrogen-bond acceptors (Lipinski definition) is 9. The Morgan fingerprint density at radius 2 is 1.85 bits per heavy atom. The Morgan fingerprint density at radius 3 is 2.50 bits per heavy atom. The predicted molar refractivity (Wildman–Crippen MR) is 180 cm³/mol. The second-order valence-corrected chi connectivity index (χ2v) is 12.6. The van der Waals surface area contributed by atoms with Crippen molar-refractivity contribution >= 4 is 68.2 Å². The molecule has 2 heterocycles. The van der Waals surface area contributed by atoms with Crippen LogP contribution in [0.25, 0.3) is 6.08 Å². The van der Waals surface area contributed by atoms with Gasteiger partial charge in [-0.15, -0.1) is 0 Å². The van der Waals surface area contributed by atoms with Crippen LogP contribution in [0, 0.1) is 10.1 Å². The normalized spacial score (nSPS) is 14.5. The molecule has 5 rings (SSSR count). The number of thiazole rings is 1. The number of nitro benzene ring substituents is 1. The van der Waals surface area contributed by atoms with Gasteiger partial charge in [0.15, 0.2) is 4.80 Å². The molecule has 10 nitrogen and oxygen atoms in total. The second-order valence-electron chi connectivity index (χ2n) is 9.94. The number of carbonyl (C=O) groups is 1. The molecule has 0 saturated carbocycles. The van der Waals surface area contributed by atoms with Gasteiger partial charge < -0.3 is 14.2 Å². The van der Waals surface area contributed by atoms with Crippen LogP contribution in [0.15, 0.2) is 80.1 Å². The maximum Gasteiger partial charge on any atom is 0.338 e. The number of allylic oxidation sites excluding steroid dienone is 1. The van der Waals surface area contributed by atoms with E-state index >= 15 is 0 Å². The maximum atomic E-state index is 14.0. The highest BCUT2D eigenvalue weighted by molar-refractivity contribution is 9.10. The number of hydrogen-bond donors (Lipinski definition) is 0. The molecule has 0 saturated heterocycles. The van der Waals surface area contributed by atoms with Crippen molar-refractivity contribution in [2.45, 2.75) is 33.4 Å². The summed E-state index contributed by atoms with van der Waals surface area (Å²) in [5.41, 5.74) is 1.56. The van der Waals surface area contributed by atoms with Crippen molar-refractivity contribution in [2.24, 2.45) is 4.99 Å². The summed E-state index contributed by atoms with van der Waals surface area (Å²) in [4.78, 5) is 43.6. The molecule has 46 heavy (non-hydrogen) atoms. The van der Waals surface area contributed by atoms with Crippen molar-refractivity contribution in [3.05, 3.63) is 127 Å². The number of fused-ring (bicyclic) bond motifs is 1. The number of nitrogens with zero attached hydrogens (tertiary/aromatic N) is 3. The highest BCUT2D eigenvalue weighted by Gasteiger charge is 2.33. The Balaban J connectivity index is 1.58. The van der Waals surface area contributed by atoms with E-state index in [0.717, 1.165) is 11.3 Å². The molecular formula is C32H26BrCl2N3O7S. The van der Waals surface area contributed by atoms with Crippen molar-refractivity contribution in [3.63, 3.8) is 0 Å². The van der Waals surface area contributed by atoms with Crippen molar-refractivity contribution in [3.8, 4) is 11.5 Å². The lowest BCUT2D eigenvalue weighted by Gasteiger charge is -2.24. The van der Waals surface area contributed by atoms with Crippen LogP contribution >= 0.6 is 50.5 Å². The summed E-state index contributed by atoms with van der Waals surface area (Å²) < 4.78 is 18.7. The average Bonchev–Trinajstić information content (AvgIpc) is 3.30. The molecule has 0 amide bonds. The monoisotopic (exact) mass is 745 g/mol. The lowest BCUT2D eigenvalue weighted by Crippen LogP contribution is -2.39. The molecule has 1 aromatic heterocycles. The van der Waals surface area contributed by atoms with Gasteiger partial charge in [0.1, 0.15) is 12.4 Å². The van der Waals surface area contributed by atoms with Crippen LogP contribution in [0.2, 0.25) is 10.0 Å². The van der Waals surface area contributed by atoms with Gasteiger partial charge in [0.2, 0.25) is 5.75 Å². The first-order chi connectivity index (χ1) is 22.0. The molecule has 238 valence electrons. The molecule has 0 fully saturated rings. The van der Waals surface area contributed by atoms with Crippen LogP contribution in [-0.2, 0) is 16.1 Å². The zero-order chi connectivity index (χ0) is 33.1. The van der Waals surface area contributed by atoms with E-state index < -0.39 is 22.5 Å². The molecule has 1 aliphatic rings. The first-order valence-corrected chi connectivity index (χ1v) is 16.4. The van der Waals surface area contributed by atoms with Crippen molar-refractivity contribution in [1.29, 1.82) is 0 Å². The smallest absolute Gasteiger partial charge is 0.338 e. The number of benzene rings is 3. The molecule has 1 aliphatic heterocycles. The number of nitro groups is 1. The minimum absolute atomic E-state index is 0.000158. The summed E-state index contributed by atoms with van der Waals surface area (Å²) in [6, 6.07) is 14.1. The number of ether oxygens (including phenoxy) is 3.